The SMILES string of the molecule is CN1CCNCC1c1noc(CCc2cccc([N+](=O)[O-])c2)n1.Cl. The van der Waals surface area contributed by atoms with Gasteiger partial charge >= 0.3 is 0 Å². The van der Waals surface area contributed by atoms with Crippen LogP contribution in [0.3, 0.4) is 0 Å². The Kier molecular flexibility index (Phi) is 6.24. The minimum absolute atomic E-state index is 0. The highest BCUT2D eigenvalue weighted by Crippen LogP contribution is 2.19. The maximum Gasteiger partial charge on any atom is 0.269 e. The van der Waals surface area contributed by atoms with Crippen LogP contribution in [-0.4, -0.2) is 46.6 Å². The molecule has 2 heterocycles. The molecule has 1 atom stereocenters. The molecule has 0 spiro atoms. The zero-order chi connectivity index (χ0) is 16.2. The van der Waals surface area contributed by atoms with E-state index in [0.717, 1.165) is 25.2 Å². The van der Waals surface area contributed by atoms with E-state index in [4.69, 9.17) is 4.52 Å². The van der Waals surface area contributed by atoms with Gasteiger partial charge < -0.3 is 9.84 Å². The van der Waals surface area contributed by atoms with Crippen LogP contribution in [0.15, 0.2) is 28.8 Å². The second-order valence-corrected chi connectivity index (χ2v) is 5.67. The van der Waals surface area contributed by atoms with Crippen LogP contribution in [0, 0.1) is 10.1 Å². The summed E-state index contributed by atoms with van der Waals surface area (Å²) in [5, 5.41) is 18.2. The van der Waals surface area contributed by atoms with Gasteiger partial charge in [0, 0.05) is 38.2 Å². The lowest BCUT2D eigenvalue weighted by Crippen LogP contribution is -2.44. The van der Waals surface area contributed by atoms with Crippen LogP contribution in [-0.2, 0) is 12.8 Å². The number of hydrogen-bond acceptors (Lipinski definition) is 7. The summed E-state index contributed by atoms with van der Waals surface area (Å²) in [4.78, 5) is 17.1. The van der Waals surface area contributed by atoms with Gasteiger partial charge in [-0.05, 0) is 19.0 Å². The van der Waals surface area contributed by atoms with Crippen LogP contribution >= 0.6 is 12.4 Å². The molecular weight excluding hydrogens is 334 g/mol. The third-order valence-corrected chi connectivity index (χ3v) is 4.04. The van der Waals surface area contributed by atoms with Gasteiger partial charge in [-0.3, -0.25) is 15.0 Å². The molecule has 1 aliphatic rings. The Balaban J connectivity index is 0.00000208. The standard InChI is InChI=1S/C15H19N5O3.ClH/c1-19-8-7-16-10-13(19)15-17-14(23-18-15)6-5-11-3-2-4-12(9-11)20(21)22;/h2-4,9,13,16H,5-8,10H2,1H3;1H. The summed E-state index contributed by atoms with van der Waals surface area (Å²) in [5.41, 5.74) is 0.985. The number of nitro groups is 1. The lowest BCUT2D eigenvalue weighted by molar-refractivity contribution is -0.384. The lowest BCUT2D eigenvalue weighted by atomic mass is 10.1. The van der Waals surface area contributed by atoms with E-state index < -0.39 is 0 Å². The van der Waals surface area contributed by atoms with E-state index in [1.54, 1.807) is 12.1 Å². The zero-order valence-electron chi connectivity index (χ0n) is 13.3. The van der Waals surface area contributed by atoms with Crippen LogP contribution in [0.5, 0.6) is 0 Å². The summed E-state index contributed by atoms with van der Waals surface area (Å²) in [6.07, 6.45) is 1.19. The van der Waals surface area contributed by atoms with Gasteiger partial charge in [0.15, 0.2) is 5.82 Å². The Hall–Kier alpha value is -2.03. The summed E-state index contributed by atoms with van der Waals surface area (Å²) in [6.45, 7) is 2.72. The molecule has 1 saturated heterocycles. The van der Waals surface area contributed by atoms with Crippen molar-refractivity contribution in [1.82, 2.24) is 20.4 Å². The number of halogens is 1. The molecular formula is C15H20ClN5O3. The first-order valence-corrected chi connectivity index (χ1v) is 7.60. The predicted octanol–water partition coefficient (Wildman–Crippen LogP) is 1.76. The minimum Gasteiger partial charge on any atom is -0.339 e. The molecule has 0 aliphatic carbocycles. The van der Waals surface area contributed by atoms with Crippen LogP contribution in [0.1, 0.15) is 23.3 Å². The number of nitrogens with one attached hydrogen (secondary N) is 1. The van der Waals surface area contributed by atoms with Crippen molar-refractivity contribution in [2.24, 2.45) is 0 Å². The maximum absolute atomic E-state index is 10.8. The fourth-order valence-corrected chi connectivity index (χ4v) is 2.68. The highest BCUT2D eigenvalue weighted by molar-refractivity contribution is 5.85. The molecule has 0 amide bonds. The summed E-state index contributed by atoms with van der Waals surface area (Å²) >= 11 is 0. The third kappa shape index (κ3) is 4.28. The lowest BCUT2D eigenvalue weighted by Gasteiger charge is -2.30. The molecule has 130 valence electrons. The van der Waals surface area contributed by atoms with E-state index in [1.165, 1.54) is 6.07 Å². The molecule has 9 heteroatoms. The number of aromatic nitrogens is 2. The molecule has 0 radical (unpaired) electrons. The molecule has 8 nitrogen and oxygen atoms in total. The number of non-ortho nitro benzene ring substituents is 1. The average Bonchev–Trinajstić information content (AvgIpc) is 3.02. The first kappa shape index (κ1) is 18.3. The Labute approximate surface area is 145 Å². The van der Waals surface area contributed by atoms with Crippen LogP contribution < -0.4 is 5.32 Å². The average molecular weight is 354 g/mol. The van der Waals surface area contributed by atoms with E-state index >= 15 is 0 Å². The first-order chi connectivity index (χ1) is 11.1. The molecule has 1 aromatic carbocycles. The van der Waals surface area contributed by atoms with Crippen molar-refractivity contribution in [2.75, 3.05) is 26.7 Å². The number of benzene rings is 1. The molecule has 0 saturated carbocycles. The molecule has 0 bridgehead atoms. The van der Waals surface area contributed by atoms with E-state index in [0.29, 0.717) is 24.6 Å². The van der Waals surface area contributed by atoms with Crippen molar-refractivity contribution in [3.05, 3.63) is 51.7 Å². The van der Waals surface area contributed by atoms with Gasteiger partial charge in [-0.2, -0.15) is 4.98 Å². The monoisotopic (exact) mass is 353 g/mol. The summed E-state index contributed by atoms with van der Waals surface area (Å²) in [7, 11) is 2.05. The van der Waals surface area contributed by atoms with Gasteiger partial charge in [0.25, 0.3) is 5.69 Å². The Morgan fingerprint density at radius 2 is 2.29 bits per heavy atom. The summed E-state index contributed by atoms with van der Waals surface area (Å²) in [6, 6.07) is 6.74. The normalized spacial score (nSPS) is 18.1. The van der Waals surface area contributed by atoms with Crippen molar-refractivity contribution >= 4 is 18.1 Å². The quantitative estimate of drug-likeness (QED) is 0.646. The van der Waals surface area contributed by atoms with Crippen molar-refractivity contribution in [1.29, 1.82) is 0 Å². The second-order valence-electron chi connectivity index (χ2n) is 5.67. The number of piperazine rings is 1. The van der Waals surface area contributed by atoms with Crippen molar-refractivity contribution < 1.29 is 9.45 Å². The van der Waals surface area contributed by atoms with E-state index in [9.17, 15) is 10.1 Å². The number of nitrogens with zero attached hydrogens (tertiary/aromatic N) is 4. The smallest absolute Gasteiger partial charge is 0.269 e. The zero-order valence-corrected chi connectivity index (χ0v) is 14.2. The third-order valence-electron chi connectivity index (χ3n) is 4.04. The molecule has 24 heavy (non-hydrogen) atoms. The van der Waals surface area contributed by atoms with Crippen molar-refractivity contribution in [3.8, 4) is 0 Å². The van der Waals surface area contributed by atoms with E-state index in [-0.39, 0.29) is 29.1 Å². The number of likely N-dealkylation sites (N-methyl/N-ethyl adjacent to an activating group) is 1. The maximum atomic E-state index is 10.8. The Bertz CT molecular complexity index is 693. The van der Waals surface area contributed by atoms with E-state index in [1.807, 2.05) is 13.1 Å². The van der Waals surface area contributed by atoms with Crippen LogP contribution in [0.4, 0.5) is 5.69 Å². The van der Waals surface area contributed by atoms with Crippen LogP contribution in [0.2, 0.25) is 0 Å². The fraction of sp³-hybridized carbons (Fsp3) is 0.467. The van der Waals surface area contributed by atoms with Gasteiger partial charge in [0.2, 0.25) is 5.89 Å². The first-order valence-electron chi connectivity index (χ1n) is 7.60. The molecule has 1 aromatic heterocycles. The van der Waals surface area contributed by atoms with Gasteiger partial charge in [0.05, 0.1) is 11.0 Å². The Morgan fingerprint density at radius 3 is 3.04 bits per heavy atom. The molecule has 1 aliphatic heterocycles. The second kappa shape index (κ2) is 8.18. The highest BCUT2D eigenvalue weighted by Gasteiger charge is 2.25. The van der Waals surface area contributed by atoms with Crippen molar-refractivity contribution in [2.45, 2.75) is 18.9 Å². The molecule has 1 fully saturated rings. The number of aryl methyl sites for hydroxylation is 2. The largest absolute Gasteiger partial charge is 0.339 e. The number of nitro benzene ring substituents is 1. The summed E-state index contributed by atoms with van der Waals surface area (Å²) in [5.74, 6) is 1.25. The van der Waals surface area contributed by atoms with Gasteiger partial charge in [-0.15, -0.1) is 12.4 Å². The van der Waals surface area contributed by atoms with Gasteiger partial charge in [-0.1, -0.05) is 17.3 Å². The van der Waals surface area contributed by atoms with E-state index in [2.05, 4.69) is 20.4 Å². The van der Waals surface area contributed by atoms with Gasteiger partial charge in [-0.25, -0.2) is 0 Å². The fourth-order valence-electron chi connectivity index (χ4n) is 2.68. The number of rotatable bonds is 5. The van der Waals surface area contributed by atoms with Gasteiger partial charge in [0.1, 0.15) is 0 Å². The molecule has 1 N–H and O–H groups in total. The topological polar surface area (TPSA) is 97.3 Å². The highest BCUT2D eigenvalue weighted by atomic mass is 35.5. The summed E-state index contributed by atoms with van der Waals surface area (Å²) < 4.78 is 5.32. The number of hydrogen-bond donors (Lipinski definition) is 1. The predicted molar refractivity (Wildman–Crippen MR) is 90.3 cm³/mol. The van der Waals surface area contributed by atoms with Crippen LogP contribution in [0.25, 0.3) is 0 Å². The minimum atomic E-state index is -0.389. The molecule has 1 unspecified atom stereocenters. The Morgan fingerprint density at radius 1 is 1.46 bits per heavy atom. The molecule has 3 rings (SSSR count). The molecule has 2 aromatic rings. The van der Waals surface area contributed by atoms with Crippen molar-refractivity contribution in [3.63, 3.8) is 0 Å².